The van der Waals surface area contributed by atoms with Crippen LogP contribution in [0.5, 0.6) is 0 Å². The van der Waals surface area contributed by atoms with Gasteiger partial charge < -0.3 is 4.74 Å². The van der Waals surface area contributed by atoms with Crippen molar-refractivity contribution < 1.29 is 13.9 Å². The molecule has 0 radical (unpaired) electrons. The Balaban J connectivity index is 1.74. The average Bonchev–Trinajstić information content (AvgIpc) is 3.39. The van der Waals surface area contributed by atoms with E-state index in [-0.39, 0.29) is 0 Å². The Hall–Kier alpha value is -2.28. The van der Waals surface area contributed by atoms with Crippen molar-refractivity contribution in [3.05, 3.63) is 57.7 Å². The molecule has 1 aromatic carbocycles. The van der Waals surface area contributed by atoms with Crippen molar-refractivity contribution in [3.63, 3.8) is 0 Å². The van der Waals surface area contributed by atoms with Crippen molar-refractivity contribution in [1.82, 2.24) is 15.2 Å². The maximum atomic E-state index is 14.6. The van der Waals surface area contributed by atoms with Crippen molar-refractivity contribution >= 4 is 33.3 Å². The summed E-state index contributed by atoms with van der Waals surface area (Å²) in [5.74, 6) is 0.0772. The molecule has 0 spiro atoms. The van der Waals surface area contributed by atoms with Crippen LogP contribution in [-0.4, -0.2) is 21.7 Å². The van der Waals surface area contributed by atoms with Crippen LogP contribution < -0.4 is 0 Å². The number of H-pyrrole nitrogens is 1. The van der Waals surface area contributed by atoms with E-state index in [1.54, 1.807) is 6.07 Å². The van der Waals surface area contributed by atoms with Gasteiger partial charge in [0.05, 0.1) is 5.52 Å². The number of rotatable bonds is 6. The van der Waals surface area contributed by atoms with Gasteiger partial charge >= 0.3 is 0 Å². The molecule has 7 heteroatoms. The van der Waals surface area contributed by atoms with Crippen LogP contribution >= 0.6 is 15.9 Å². The van der Waals surface area contributed by atoms with E-state index < -0.39 is 11.9 Å². The molecule has 0 saturated heterocycles. The molecule has 0 aliphatic heterocycles. The lowest BCUT2D eigenvalue weighted by Crippen LogP contribution is -2.11. The van der Waals surface area contributed by atoms with Crippen LogP contribution in [0.25, 0.3) is 10.9 Å². The molecule has 1 unspecified atom stereocenters. The predicted molar refractivity (Wildman–Crippen MR) is 93.6 cm³/mol. The summed E-state index contributed by atoms with van der Waals surface area (Å²) in [6.07, 6.45) is 1.82. The second-order valence-corrected chi connectivity index (χ2v) is 6.94. The summed E-state index contributed by atoms with van der Waals surface area (Å²) in [5.41, 5.74) is 2.71. The molecule has 3 aromatic rings. The molecular formula is C18H15BrFN3O2. The van der Waals surface area contributed by atoms with Gasteiger partial charge in [-0.25, -0.2) is 4.39 Å². The SMILES string of the molecule is O=COC(Cc1cccc(C2CC2)n1)c1c(F)ccc2n[nH]c(Br)c12. The number of nitrogens with one attached hydrogen (secondary N) is 1. The first-order valence-corrected chi connectivity index (χ1v) is 8.83. The lowest BCUT2D eigenvalue weighted by atomic mass is 10.00. The van der Waals surface area contributed by atoms with Gasteiger partial charge in [0.2, 0.25) is 0 Å². The molecule has 2 heterocycles. The average molecular weight is 404 g/mol. The Bertz CT molecular complexity index is 939. The number of halogens is 2. The van der Waals surface area contributed by atoms with Gasteiger partial charge in [0.1, 0.15) is 16.5 Å². The largest absolute Gasteiger partial charge is 0.459 e. The van der Waals surface area contributed by atoms with Crippen LogP contribution in [0.2, 0.25) is 0 Å². The van der Waals surface area contributed by atoms with E-state index >= 15 is 0 Å². The Morgan fingerprint density at radius 2 is 2.20 bits per heavy atom. The highest BCUT2D eigenvalue weighted by atomic mass is 79.9. The zero-order valence-electron chi connectivity index (χ0n) is 13.2. The molecule has 1 saturated carbocycles. The summed E-state index contributed by atoms with van der Waals surface area (Å²) in [5, 5.41) is 7.47. The number of ether oxygens (including phenoxy) is 1. The molecule has 4 rings (SSSR count). The third-order valence-corrected chi connectivity index (χ3v) is 5.00. The number of nitrogens with zero attached hydrogens (tertiary/aromatic N) is 2. The van der Waals surface area contributed by atoms with Crippen molar-refractivity contribution in [2.75, 3.05) is 0 Å². The Morgan fingerprint density at radius 1 is 1.36 bits per heavy atom. The molecule has 0 amide bonds. The topological polar surface area (TPSA) is 67.9 Å². The fourth-order valence-electron chi connectivity index (χ4n) is 3.08. The zero-order chi connectivity index (χ0) is 17.4. The third kappa shape index (κ3) is 3.16. The van der Waals surface area contributed by atoms with Crippen LogP contribution in [-0.2, 0) is 16.0 Å². The van der Waals surface area contributed by atoms with Gasteiger partial charge in [-0.15, -0.1) is 0 Å². The maximum Gasteiger partial charge on any atom is 0.293 e. The molecule has 1 N–H and O–H groups in total. The van der Waals surface area contributed by atoms with Crippen LogP contribution in [0, 0.1) is 5.82 Å². The number of pyridine rings is 1. The van der Waals surface area contributed by atoms with Gasteiger partial charge in [0, 0.05) is 34.7 Å². The number of benzene rings is 1. The van der Waals surface area contributed by atoms with E-state index in [0.717, 1.165) is 24.2 Å². The first-order chi connectivity index (χ1) is 12.2. The predicted octanol–water partition coefficient (Wildman–Crippen LogP) is 4.19. The lowest BCUT2D eigenvalue weighted by Gasteiger charge is -2.17. The van der Waals surface area contributed by atoms with Crippen LogP contribution in [0.4, 0.5) is 4.39 Å². The van der Waals surface area contributed by atoms with E-state index in [1.807, 2.05) is 18.2 Å². The normalized spacial score (nSPS) is 15.3. The van der Waals surface area contributed by atoms with Crippen molar-refractivity contribution in [1.29, 1.82) is 0 Å². The van der Waals surface area contributed by atoms with Crippen molar-refractivity contribution in [2.45, 2.75) is 31.3 Å². The van der Waals surface area contributed by atoms with Gasteiger partial charge in [0.15, 0.2) is 0 Å². The van der Waals surface area contributed by atoms with Crippen molar-refractivity contribution in [2.24, 2.45) is 0 Å². The first kappa shape index (κ1) is 16.2. The highest BCUT2D eigenvalue weighted by Gasteiger charge is 2.27. The summed E-state index contributed by atoms with van der Waals surface area (Å²) in [4.78, 5) is 15.7. The van der Waals surface area contributed by atoms with E-state index in [9.17, 15) is 9.18 Å². The Labute approximate surface area is 151 Å². The number of aromatic amines is 1. The van der Waals surface area contributed by atoms with Gasteiger partial charge in [-0.3, -0.25) is 14.9 Å². The zero-order valence-corrected chi connectivity index (χ0v) is 14.8. The highest BCUT2D eigenvalue weighted by molar-refractivity contribution is 9.10. The smallest absolute Gasteiger partial charge is 0.293 e. The Kier molecular flexibility index (Phi) is 4.25. The van der Waals surface area contributed by atoms with Gasteiger partial charge in [-0.2, -0.15) is 5.10 Å². The van der Waals surface area contributed by atoms with E-state index in [4.69, 9.17) is 4.74 Å². The Morgan fingerprint density at radius 3 is 2.96 bits per heavy atom. The lowest BCUT2D eigenvalue weighted by molar-refractivity contribution is -0.133. The molecule has 1 atom stereocenters. The maximum absolute atomic E-state index is 14.6. The number of aromatic nitrogens is 3. The minimum atomic E-state index is -0.781. The first-order valence-electron chi connectivity index (χ1n) is 8.04. The van der Waals surface area contributed by atoms with Crippen LogP contribution in [0.1, 0.15) is 41.8 Å². The summed E-state index contributed by atoms with van der Waals surface area (Å²) in [6.45, 7) is 0.349. The standard InChI is InChI=1S/C18H15BrFN3O2/c19-18-17-14(22-23-18)7-6-12(20)16(17)15(25-9-24)8-11-2-1-3-13(21-11)10-4-5-10/h1-3,6-7,9-10,15H,4-5,8H2,(H,22,23). The van der Waals surface area contributed by atoms with Crippen LogP contribution in [0.3, 0.4) is 0 Å². The minimum Gasteiger partial charge on any atom is -0.459 e. The fourth-order valence-corrected chi connectivity index (χ4v) is 3.59. The fraction of sp³-hybridized carbons (Fsp3) is 0.278. The minimum absolute atomic E-state index is 0.295. The summed E-state index contributed by atoms with van der Waals surface area (Å²) >= 11 is 3.35. The van der Waals surface area contributed by atoms with Gasteiger partial charge in [-0.05, 0) is 53.0 Å². The van der Waals surface area contributed by atoms with E-state index in [2.05, 4.69) is 31.1 Å². The molecule has 25 heavy (non-hydrogen) atoms. The molecule has 5 nitrogen and oxygen atoms in total. The second-order valence-electron chi connectivity index (χ2n) is 6.15. The summed E-state index contributed by atoms with van der Waals surface area (Å²) < 4.78 is 20.4. The van der Waals surface area contributed by atoms with E-state index in [0.29, 0.717) is 39.9 Å². The van der Waals surface area contributed by atoms with Crippen molar-refractivity contribution in [3.8, 4) is 0 Å². The second kappa shape index (κ2) is 6.55. The highest BCUT2D eigenvalue weighted by Crippen LogP contribution is 2.39. The molecule has 128 valence electrons. The summed E-state index contributed by atoms with van der Waals surface area (Å²) in [7, 11) is 0. The number of hydrogen-bond acceptors (Lipinski definition) is 4. The quantitative estimate of drug-likeness (QED) is 0.626. The molecule has 0 bridgehead atoms. The number of carbonyl (C=O) groups excluding carboxylic acids is 1. The number of hydrogen-bond donors (Lipinski definition) is 1. The number of carbonyl (C=O) groups is 1. The molecule has 1 fully saturated rings. The molecule has 1 aliphatic carbocycles. The van der Waals surface area contributed by atoms with Crippen LogP contribution in [0.15, 0.2) is 34.9 Å². The molecule has 1 aliphatic rings. The monoisotopic (exact) mass is 403 g/mol. The third-order valence-electron chi connectivity index (χ3n) is 4.42. The number of fused-ring (bicyclic) bond motifs is 1. The molecular weight excluding hydrogens is 389 g/mol. The molecule has 2 aromatic heterocycles. The van der Waals surface area contributed by atoms with Gasteiger partial charge in [-0.1, -0.05) is 6.07 Å². The van der Waals surface area contributed by atoms with E-state index in [1.165, 1.54) is 6.07 Å². The summed E-state index contributed by atoms with van der Waals surface area (Å²) in [6, 6.07) is 8.73. The van der Waals surface area contributed by atoms with Gasteiger partial charge in [0.25, 0.3) is 6.47 Å².